The summed E-state index contributed by atoms with van der Waals surface area (Å²) in [7, 11) is 0. The molecular weight excluding hydrogens is 376 g/mol. The maximum Gasteiger partial charge on any atom is 0.348 e. The van der Waals surface area contributed by atoms with Crippen molar-refractivity contribution in [3.05, 3.63) is 81.0 Å². The number of nitrogens with one attached hydrogen (secondary N) is 1. The second kappa shape index (κ2) is 7.64. The second-order valence-electron chi connectivity index (χ2n) is 7.11. The Bertz CT molecular complexity index is 1050. The molecule has 1 saturated heterocycles. The van der Waals surface area contributed by atoms with Crippen LogP contribution >= 0.6 is 11.6 Å². The van der Waals surface area contributed by atoms with E-state index < -0.39 is 0 Å². The summed E-state index contributed by atoms with van der Waals surface area (Å²) in [4.78, 5) is 30.0. The third-order valence-corrected chi connectivity index (χ3v) is 5.43. The highest BCUT2D eigenvalue weighted by molar-refractivity contribution is 6.30. The van der Waals surface area contributed by atoms with E-state index in [4.69, 9.17) is 11.6 Å². The molecule has 1 amide bonds. The summed E-state index contributed by atoms with van der Waals surface area (Å²) in [6.07, 6.45) is 1.75. The number of rotatable bonds is 3. The van der Waals surface area contributed by atoms with Crippen molar-refractivity contribution in [1.82, 2.24) is 19.7 Å². The van der Waals surface area contributed by atoms with E-state index in [0.29, 0.717) is 29.6 Å². The van der Waals surface area contributed by atoms with Gasteiger partial charge >= 0.3 is 5.69 Å². The van der Waals surface area contributed by atoms with Crippen molar-refractivity contribution in [3.8, 4) is 5.69 Å². The Balaban J connectivity index is 1.56. The molecule has 1 unspecified atom stereocenters. The van der Waals surface area contributed by atoms with Crippen LogP contribution in [0.2, 0.25) is 5.02 Å². The zero-order chi connectivity index (χ0) is 19.7. The first-order valence-electron chi connectivity index (χ1n) is 9.33. The molecule has 0 radical (unpaired) electrons. The molecule has 1 atom stereocenters. The fourth-order valence-electron chi connectivity index (χ4n) is 3.65. The fourth-order valence-corrected chi connectivity index (χ4v) is 3.78. The number of aromatic nitrogens is 3. The highest BCUT2D eigenvalue weighted by Gasteiger charge is 2.28. The van der Waals surface area contributed by atoms with Gasteiger partial charge in [0.2, 0.25) is 0 Å². The van der Waals surface area contributed by atoms with E-state index in [0.717, 1.165) is 24.0 Å². The van der Waals surface area contributed by atoms with E-state index in [1.807, 2.05) is 36.1 Å². The minimum Gasteiger partial charge on any atom is -0.338 e. The van der Waals surface area contributed by atoms with Gasteiger partial charge in [0.15, 0.2) is 0 Å². The minimum atomic E-state index is -0.292. The average molecular weight is 397 g/mol. The Hall–Kier alpha value is -2.86. The van der Waals surface area contributed by atoms with Crippen molar-refractivity contribution < 1.29 is 4.79 Å². The number of piperidine rings is 1. The van der Waals surface area contributed by atoms with Gasteiger partial charge in [0.25, 0.3) is 5.91 Å². The Morgan fingerprint density at radius 2 is 1.93 bits per heavy atom. The Kier molecular flexibility index (Phi) is 5.05. The number of aryl methyl sites for hydroxylation is 1. The smallest absolute Gasteiger partial charge is 0.338 e. The highest BCUT2D eigenvalue weighted by Crippen LogP contribution is 2.26. The summed E-state index contributed by atoms with van der Waals surface area (Å²) in [6, 6.07) is 14.6. The molecule has 0 aliphatic carbocycles. The van der Waals surface area contributed by atoms with Gasteiger partial charge in [-0.25, -0.2) is 4.79 Å². The van der Waals surface area contributed by atoms with Crippen LogP contribution in [0.5, 0.6) is 0 Å². The normalized spacial score (nSPS) is 16.9. The molecule has 6 nitrogen and oxygen atoms in total. The van der Waals surface area contributed by atoms with Gasteiger partial charge in [-0.15, -0.1) is 5.10 Å². The van der Waals surface area contributed by atoms with Crippen LogP contribution in [0.1, 0.15) is 40.5 Å². The topological polar surface area (TPSA) is 71.0 Å². The van der Waals surface area contributed by atoms with Gasteiger partial charge in [0.1, 0.15) is 5.82 Å². The second-order valence-corrected chi connectivity index (χ2v) is 7.55. The third-order valence-electron chi connectivity index (χ3n) is 5.18. The van der Waals surface area contributed by atoms with E-state index >= 15 is 0 Å². The summed E-state index contributed by atoms with van der Waals surface area (Å²) in [6.45, 7) is 3.20. The van der Waals surface area contributed by atoms with Gasteiger partial charge in [0.05, 0.1) is 5.69 Å². The summed E-state index contributed by atoms with van der Waals surface area (Å²) >= 11 is 5.92. The quantitative estimate of drug-likeness (QED) is 0.736. The molecule has 3 aromatic rings. The van der Waals surface area contributed by atoms with Gasteiger partial charge in [-0.05, 0) is 55.7 Å². The molecule has 28 heavy (non-hydrogen) atoms. The molecule has 0 bridgehead atoms. The number of hydrogen-bond donors (Lipinski definition) is 1. The first-order valence-corrected chi connectivity index (χ1v) is 9.71. The van der Waals surface area contributed by atoms with Crippen LogP contribution in [0.3, 0.4) is 0 Å². The lowest BCUT2D eigenvalue weighted by molar-refractivity contribution is 0.0704. The molecule has 2 heterocycles. The van der Waals surface area contributed by atoms with E-state index in [2.05, 4.69) is 10.1 Å². The van der Waals surface area contributed by atoms with Gasteiger partial charge in [-0.2, -0.15) is 4.68 Å². The molecule has 144 valence electrons. The zero-order valence-corrected chi connectivity index (χ0v) is 16.3. The number of likely N-dealkylation sites (tertiary alicyclic amines) is 1. The van der Waals surface area contributed by atoms with Gasteiger partial charge in [-0.1, -0.05) is 29.8 Å². The molecule has 2 aromatic carbocycles. The molecule has 1 N–H and O–H groups in total. The molecule has 1 fully saturated rings. The van der Waals surface area contributed by atoms with E-state index in [-0.39, 0.29) is 17.5 Å². The van der Waals surface area contributed by atoms with Crippen LogP contribution in [-0.4, -0.2) is 38.7 Å². The maximum atomic E-state index is 12.9. The van der Waals surface area contributed by atoms with Gasteiger partial charge in [0, 0.05) is 29.6 Å². The van der Waals surface area contributed by atoms with Crippen molar-refractivity contribution in [2.45, 2.75) is 25.7 Å². The van der Waals surface area contributed by atoms with Gasteiger partial charge < -0.3 is 4.90 Å². The lowest BCUT2D eigenvalue weighted by atomic mass is 9.96. The third kappa shape index (κ3) is 3.60. The van der Waals surface area contributed by atoms with Crippen LogP contribution < -0.4 is 5.69 Å². The van der Waals surface area contributed by atoms with Gasteiger partial charge in [-0.3, -0.25) is 9.78 Å². The molecule has 7 heteroatoms. The largest absolute Gasteiger partial charge is 0.348 e. The Morgan fingerprint density at radius 1 is 1.18 bits per heavy atom. The number of carbonyl (C=O) groups is 1. The Morgan fingerprint density at radius 3 is 2.68 bits per heavy atom. The molecule has 0 saturated carbocycles. The van der Waals surface area contributed by atoms with Crippen molar-refractivity contribution >= 4 is 17.5 Å². The predicted octanol–water partition coefficient (Wildman–Crippen LogP) is 3.54. The van der Waals surface area contributed by atoms with Crippen LogP contribution in [0.4, 0.5) is 0 Å². The summed E-state index contributed by atoms with van der Waals surface area (Å²) in [5, 5.41) is 5.09. The first-order chi connectivity index (χ1) is 13.5. The van der Waals surface area contributed by atoms with Crippen LogP contribution in [0, 0.1) is 6.92 Å². The molecule has 1 aliphatic rings. The summed E-state index contributed by atoms with van der Waals surface area (Å²) in [5.41, 5.74) is 2.05. The standard InChI is InChI=1S/C21H21ClN4O2/c1-14-5-2-3-7-18(14)20(27)25-12-4-6-15(13-25)19-23-21(28)26(24-19)17-10-8-16(22)9-11-17/h2-3,5,7-11,15H,4,6,12-13H2,1H3,(H,23,24,28). The number of halogens is 1. The lowest BCUT2D eigenvalue weighted by Crippen LogP contribution is -2.39. The van der Waals surface area contributed by atoms with Crippen molar-refractivity contribution in [3.63, 3.8) is 0 Å². The highest BCUT2D eigenvalue weighted by atomic mass is 35.5. The number of hydrogen-bond acceptors (Lipinski definition) is 3. The van der Waals surface area contributed by atoms with Crippen LogP contribution in [-0.2, 0) is 0 Å². The lowest BCUT2D eigenvalue weighted by Gasteiger charge is -2.32. The molecule has 4 rings (SSSR count). The number of aromatic amines is 1. The maximum absolute atomic E-state index is 12.9. The number of nitrogens with zero attached hydrogens (tertiary/aromatic N) is 3. The van der Waals surface area contributed by atoms with Crippen molar-refractivity contribution in [1.29, 1.82) is 0 Å². The SMILES string of the molecule is Cc1ccccc1C(=O)N1CCCC(c2nn(-c3ccc(Cl)cc3)c(=O)[nH]2)C1. The number of carbonyl (C=O) groups excluding carboxylic acids is 1. The monoisotopic (exact) mass is 396 g/mol. The predicted molar refractivity (Wildman–Crippen MR) is 108 cm³/mol. The van der Waals surface area contributed by atoms with Crippen LogP contribution in [0.15, 0.2) is 53.3 Å². The van der Waals surface area contributed by atoms with Crippen LogP contribution in [0.25, 0.3) is 5.69 Å². The average Bonchev–Trinajstić information content (AvgIpc) is 3.10. The molecule has 1 aromatic heterocycles. The summed E-state index contributed by atoms with van der Waals surface area (Å²) in [5.74, 6) is 0.646. The van der Waals surface area contributed by atoms with E-state index in [9.17, 15) is 9.59 Å². The first kappa shape index (κ1) is 18.5. The number of benzene rings is 2. The minimum absolute atomic E-state index is 0.00275. The van der Waals surface area contributed by atoms with Crippen molar-refractivity contribution in [2.75, 3.05) is 13.1 Å². The molecule has 1 aliphatic heterocycles. The summed E-state index contributed by atoms with van der Waals surface area (Å²) < 4.78 is 1.34. The van der Waals surface area contributed by atoms with Crippen molar-refractivity contribution in [2.24, 2.45) is 0 Å². The van der Waals surface area contributed by atoms with E-state index in [1.165, 1.54) is 4.68 Å². The van der Waals surface area contributed by atoms with E-state index in [1.54, 1.807) is 24.3 Å². The Labute approximate surface area is 167 Å². The molecule has 0 spiro atoms. The number of H-pyrrole nitrogens is 1. The molecular formula is C21H21ClN4O2. The number of amides is 1. The zero-order valence-electron chi connectivity index (χ0n) is 15.6. The fraction of sp³-hybridized carbons (Fsp3) is 0.286.